The molecule has 2 unspecified atom stereocenters. The highest BCUT2D eigenvalue weighted by atomic mass is 32.1. The minimum atomic E-state index is -0.425. The SMILES string of the molecule is CC(Nc1nc(C(=O)N2CC(NC(=O)C3CCOC3)C2)c2sccc2n1)c1cncc(F)c1. The maximum absolute atomic E-state index is 13.5. The molecule has 3 aromatic rings. The maximum atomic E-state index is 13.5. The third-order valence-corrected chi connectivity index (χ3v) is 6.80. The first kappa shape index (κ1) is 21.7. The molecule has 9 nitrogen and oxygen atoms in total. The summed E-state index contributed by atoms with van der Waals surface area (Å²) >= 11 is 1.40. The largest absolute Gasteiger partial charge is 0.381 e. The Morgan fingerprint density at radius 2 is 2.15 bits per heavy atom. The number of hydrogen-bond donors (Lipinski definition) is 2. The van der Waals surface area contributed by atoms with Gasteiger partial charge in [-0.3, -0.25) is 14.6 Å². The Labute approximate surface area is 193 Å². The number of likely N-dealkylation sites (tertiary alicyclic amines) is 1. The summed E-state index contributed by atoms with van der Waals surface area (Å²) < 4.78 is 19.5. The molecule has 2 fully saturated rings. The van der Waals surface area contributed by atoms with E-state index in [4.69, 9.17) is 4.74 Å². The smallest absolute Gasteiger partial charge is 0.274 e. The molecule has 5 rings (SSSR count). The molecule has 2 N–H and O–H groups in total. The van der Waals surface area contributed by atoms with Crippen molar-refractivity contribution in [2.45, 2.75) is 25.4 Å². The fourth-order valence-corrected chi connectivity index (χ4v) is 4.77. The van der Waals surface area contributed by atoms with Crippen molar-refractivity contribution < 1.29 is 18.7 Å². The van der Waals surface area contributed by atoms with Crippen LogP contribution in [0.1, 0.15) is 35.4 Å². The van der Waals surface area contributed by atoms with E-state index in [1.165, 1.54) is 17.4 Å². The molecule has 2 atom stereocenters. The average molecular weight is 471 g/mol. The highest BCUT2D eigenvalue weighted by Gasteiger charge is 2.36. The number of halogens is 1. The van der Waals surface area contributed by atoms with Crippen LogP contribution < -0.4 is 10.6 Å². The molecule has 172 valence electrons. The quantitative estimate of drug-likeness (QED) is 0.569. The molecule has 2 saturated heterocycles. The van der Waals surface area contributed by atoms with E-state index in [1.807, 2.05) is 18.4 Å². The minimum Gasteiger partial charge on any atom is -0.381 e. The Morgan fingerprint density at radius 3 is 2.91 bits per heavy atom. The number of amides is 2. The maximum Gasteiger partial charge on any atom is 0.274 e. The number of fused-ring (bicyclic) bond motifs is 1. The van der Waals surface area contributed by atoms with Gasteiger partial charge in [0.25, 0.3) is 5.91 Å². The van der Waals surface area contributed by atoms with Crippen molar-refractivity contribution in [3.05, 3.63) is 47.0 Å². The van der Waals surface area contributed by atoms with Crippen molar-refractivity contribution in [2.24, 2.45) is 5.92 Å². The van der Waals surface area contributed by atoms with Gasteiger partial charge in [-0.05, 0) is 36.4 Å². The van der Waals surface area contributed by atoms with Gasteiger partial charge in [0.1, 0.15) is 5.82 Å². The summed E-state index contributed by atoms with van der Waals surface area (Å²) in [6.07, 6.45) is 3.45. The average Bonchev–Trinajstić information content (AvgIpc) is 3.47. The van der Waals surface area contributed by atoms with Gasteiger partial charge in [0, 0.05) is 25.9 Å². The van der Waals surface area contributed by atoms with Crippen molar-refractivity contribution in [3.8, 4) is 0 Å². The molecule has 11 heteroatoms. The number of hydrogen-bond acceptors (Lipinski definition) is 8. The number of nitrogens with zero attached hydrogens (tertiary/aromatic N) is 4. The third kappa shape index (κ3) is 4.51. The summed E-state index contributed by atoms with van der Waals surface area (Å²) in [4.78, 5) is 40.0. The van der Waals surface area contributed by atoms with Crippen molar-refractivity contribution in [1.29, 1.82) is 0 Å². The van der Waals surface area contributed by atoms with Crippen LogP contribution in [0.15, 0.2) is 29.9 Å². The molecule has 0 radical (unpaired) electrons. The summed E-state index contributed by atoms with van der Waals surface area (Å²) in [5.41, 5.74) is 1.62. The second-order valence-corrected chi connectivity index (χ2v) is 9.23. The lowest BCUT2D eigenvalue weighted by molar-refractivity contribution is -0.126. The molecule has 0 aliphatic carbocycles. The van der Waals surface area contributed by atoms with Crippen LogP contribution in [-0.4, -0.2) is 64.0 Å². The van der Waals surface area contributed by atoms with E-state index < -0.39 is 5.82 Å². The van der Waals surface area contributed by atoms with Crippen LogP contribution in [0.25, 0.3) is 10.2 Å². The summed E-state index contributed by atoms with van der Waals surface area (Å²) in [6.45, 7) is 3.78. The van der Waals surface area contributed by atoms with Gasteiger partial charge in [-0.25, -0.2) is 14.4 Å². The third-order valence-electron chi connectivity index (χ3n) is 5.89. The zero-order valence-electron chi connectivity index (χ0n) is 18.0. The fraction of sp³-hybridized carbons (Fsp3) is 0.409. The van der Waals surface area contributed by atoms with E-state index in [1.54, 1.807) is 11.1 Å². The van der Waals surface area contributed by atoms with E-state index >= 15 is 0 Å². The van der Waals surface area contributed by atoms with Gasteiger partial charge in [0.2, 0.25) is 11.9 Å². The predicted octanol–water partition coefficient (Wildman–Crippen LogP) is 2.38. The Kier molecular flexibility index (Phi) is 5.90. The Hall–Kier alpha value is -3.18. The van der Waals surface area contributed by atoms with Crippen LogP contribution in [0.4, 0.5) is 10.3 Å². The topological polar surface area (TPSA) is 109 Å². The minimum absolute atomic E-state index is 0.0143. The standard InChI is InChI=1S/C22H23FN6O3S/c1-12(14-6-15(23)8-24-7-14)25-22-27-17-3-5-33-19(17)18(28-22)21(31)29-9-16(10-29)26-20(30)13-2-4-32-11-13/h3,5-8,12-13,16H,2,4,9-11H2,1H3,(H,26,30)(H,25,27,28). The van der Waals surface area contributed by atoms with Crippen LogP contribution in [0, 0.1) is 11.7 Å². The van der Waals surface area contributed by atoms with Crippen molar-refractivity contribution in [1.82, 2.24) is 25.2 Å². The van der Waals surface area contributed by atoms with Gasteiger partial charge in [-0.1, -0.05) is 0 Å². The molecule has 33 heavy (non-hydrogen) atoms. The molecule has 5 heterocycles. The normalized spacial score (nSPS) is 19.3. The zero-order valence-corrected chi connectivity index (χ0v) is 18.8. The van der Waals surface area contributed by atoms with Crippen molar-refractivity contribution in [3.63, 3.8) is 0 Å². The highest BCUT2D eigenvalue weighted by Crippen LogP contribution is 2.27. The highest BCUT2D eigenvalue weighted by molar-refractivity contribution is 7.17. The zero-order chi connectivity index (χ0) is 22.9. The van der Waals surface area contributed by atoms with Gasteiger partial charge in [-0.15, -0.1) is 11.3 Å². The lowest BCUT2D eigenvalue weighted by Crippen LogP contribution is -2.61. The number of pyridine rings is 1. The lowest BCUT2D eigenvalue weighted by Gasteiger charge is -2.39. The monoisotopic (exact) mass is 470 g/mol. The van der Waals surface area contributed by atoms with Gasteiger partial charge in [0.05, 0.1) is 41.0 Å². The number of nitrogens with one attached hydrogen (secondary N) is 2. The van der Waals surface area contributed by atoms with Crippen LogP contribution in [0.3, 0.4) is 0 Å². The van der Waals surface area contributed by atoms with E-state index in [0.29, 0.717) is 47.8 Å². The van der Waals surface area contributed by atoms with Crippen LogP contribution >= 0.6 is 11.3 Å². The number of rotatable bonds is 6. The first-order chi connectivity index (χ1) is 16.0. The summed E-state index contributed by atoms with van der Waals surface area (Å²) in [6, 6.07) is 2.85. The fourth-order valence-electron chi connectivity index (χ4n) is 3.96. The lowest BCUT2D eigenvalue weighted by atomic mass is 10.0. The summed E-state index contributed by atoms with van der Waals surface area (Å²) in [7, 11) is 0. The summed E-state index contributed by atoms with van der Waals surface area (Å²) in [5, 5.41) is 8.00. The molecular formula is C22H23FN6O3S. The summed E-state index contributed by atoms with van der Waals surface area (Å²) in [5.74, 6) is -0.465. The Balaban J connectivity index is 1.28. The second-order valence-electron chi connectivity index (χ2n) is 8.31. The molecular weight excluding hydrogens is 447 g/mol. The molecule has 0 bridgehead atoms. The van der Waals surface area contributed by atoms with E-state index in [9.17, 15) is 14.0 Å². The van der Waals surface area contributed by atoms with Crippen LogP contribution in [-0.2, 0) is 9.53 Å². The molecule has 2 aliphatic heterocycles. The molecule has 0 spiro atoms. The predicted molar refractivity (Wildman–Crippen MR) is 120 cm³/mol. The number of carbonyl (C=O) groups is 2. The molecule has 0 aromatic carbocycles. The molecule has 2 aliphatic rings. The Morgan fingerprint density at radius 1 is 1.30 bits per heavy atom. The first-order valence-electron chi connectivity index (χ1n) is 10.8. The van der Waals surface area contributed by atoms with Crippen LogP contribution in [0.2, 0.25) is 0 Å². The number of thiophene rings is 1. The molecule has 0 saturated carbocycles. The number of carbonyl (C=O) groups excluding carboxylic acids is 2. The molecule has 2 amide bonds. The van der Waals surface area contributed by atoms with Crippen molar-refractivity contribution in [2.75, 3.05) is 31.6 Å². The molecule has 3 aromatic heterocycles. The second kappa shape index (κ2) is 8.99. The van der Waals surface area contributed by atoms with E-state index in [2.05, 4.69) is 25.6 Å². The van der Waals surface area contributed by atoms with Crippen LogP contribution in [0.5, 0.6) is 0 Å². The first-order valence-corrected chi connectivity index (χ1v) is 11.7. The van der Waals surface area contributed by atoms with Gasteiger partial charge in [-0.2, -0.15) is 0 Å². The van der Waals surface area contributed by atoms with Crippen molar-refractivity contribution >= 4 is 39.3 Å². The number of ether oxygens (including phenoxy) is 1. The van der Waals surface area contributed by atoms with Gasteiger partial charge < -0.3 is 20.3 Å². The van der Waals surface area contributed by atoms with E-state index in [0.717, 1.165) is 12.6 Å². The Bertz CT molecular complexity index is 1190. The van der Waals surface area contributed by atoms with Gasteiger partial charge in [0.15, 0.2) is 5.69 Å². The van der Waals surface area contributed by atoms with E-state index in [-0.39, 0.29) is 35.8 Å². The number of aromatic nitrogens is 3. The van der Waals surface area contributed by atoms with Gasteiger partial charge >= 0.3 is 0 Å². The number of anilines is 1.